The van der Waals surface area contributed by atoms with Crippen molar-refractivity contribution in [3.8, 4) is 0 Å². The van der Waals surface area contributed by atoms with Crippen LogP contribution in [0.2, 0.25) is 0 Å². The van der Waals surface area contributed by atoms with E-state index in [0.29, 0.717) is 24.3 Å². The van der Waals surface area contributed by atoms with E-state index in [1.807, 2.05) is 0 Å². The molecule has 0 heterocycles. The van der Waals surface area contributed by atoms with Crippen LogP contribution in [0.4, 0.5) is 8.78 Å². The van der Waals surface area contributed by atoms with Crippen LogP contribution in [0, 0.1) is 17.6 Å². The second-order valence-electron chi connectivity index (χ2n) is 4.89. The van der Waals surface area contributed by atoms with Crippen molar-refractivity contribution in [2.45, 2.75) is 44.6 Å². The van der Waals surface area contributed by atoms with Gasteiger partial charge in [0.15, 0.2) is 0 Å². The van der Waals surface area contributed by atoms with Crippen molar-refractivity contribution < 1.29 is 13.9 Å². The maximum Gasteiger partial charge on any atom is 0.129 e. The molecule has 1 aliphatic carbocycles. The molecular weight excluding hydrogens is 222 g/mol. The van der Waals surface area contributed by atoms with E-state index in [2.05, 4.69) is 0 Å². The highest BCUT2D eigenvalue weighted by atomic mass is 19.1. The summed E-state index contributed by atoms with van der Waals surface area (Å²) in [5, 5.41) is 9.96. The third-order valence-corrected chi connectivity index (χ3v) is 3.67. The van der Waals surface area contributed by atoms with Crippen LogP contribution in [-0.2, 0) is 6.42 Å². The Bertz CT molecular complexity index is 372. The smallest absolute Gasteiger partial charge is 0.129 e. The molecule has 0 amide bonds. The minimum Gasteiger partial charge on any atom is -0.393 e. The zero-order chi connectivity index (χ0) is 12.3. The maximum absolute atomic E-state index is 13.4. The molecule has 0 radical (unpaired) electrons. The average molecular weight is 240 g/mol. The van der Waals surface area contributed by atoms with Crippen LogP contribution in [0.5, 0.6) is 0 Å². The van der Waals surface area contributed by atoms with Crippen molar-refractivity contribution in [2.75, 3.05) is 0 Å². The first-order valence-electron chi connectivity index (χ1n) is 6.29. The lowest BCUT2D eigenvalue weighted by Crippen LogP contribution is -2.18. The van der Waals surface area contributed by atoms with Crippen molar-refractivity contribution in [2.24, 2.45) is 5.92 Å². The van der Waals surface area contributed by atoms with E-state index in [0.717, 1.165) is 18.9 Å². The lowest BCUT2D eigenvalue weighted by Gasteiger charge is -2.17. The van der Waals surface area contributed by atoms with Gasteiger partial charge < -0.3 is 5.11 Å². The van der Waals surface area contributed by atoms with Crippen LogP contribution in [0.15, 0.2) is 18.2 Å². The molecule has 1 nitrogen and oxygen atoms in total. The van der Waals surface area contributed by atoms with Crippen LogP contribution in [0.25, 0.3) is 0 Å². The van der Waals surface area contributed by atoms with Crippen LogP contribution in [0.3, 0.4) is 0 Å². The van der Waals surface area contributed by atoms with Crippen molar-refractivity contribution in [1.29, 1.82) is 0 Å². The Kier molecular flexibility index (Phi) is 4.11. The number of hydrogen-bond acceptors (Lipinski definition) is 1. The fourth-order valence-corrected chi connectivity index (χ4v) is 2.61. The third-order valence-electron chi connectivity index (χ3n) is 3.67. The molecule has 0 aliphatic heterocycles. The van der Waals surface area contributed by atoms with Crippen LogP contribution in [-0.4, -0.2) is 11.2 Å². The van der Waals surface area contributed by atoms with Crippen molar-refractivity contribution in [1.82, 2.24) is 0 Å². The zero-order valence-electron chi connectivity index (χ0n) is 9.83. The average Bonchev–Trinajstić information content (AvgIpc) is 2.81. The lowest BCUT2D eigenvalue weighted by molar-refractivity contribution is 0.102. The summed E-state index contributed by atoms with van der Waals surface area (Å²) in [6, 6.07) is 3.63. The standard InChI is InChI=1S/C14H18F2O/c15-12-7-5-10(13(16)9-12)6-8-14(17)11-3-1-2-4-11/h5,7,9,11,14,17H,1-4,6,8H2. The summed E-state index contributed by atoms with van der Waals surface area (Å²) in [5.74, 6) is -0.690. The second kappa shape index (κ2) is 5.58. The molecule has 0 saturated heterocycles. The molecule has 1 fully saturated rings. The first-order chi connectivity index (χ1) is 8.16. The van der Waals surface area contributed by atoms with E-state index in [-0.39, 0.29) is 6.10 Å². The van der Waals surface area contributed by atoms with E-state index in [1.165, 1.54) is 25.0 Å². The van der Waals surface area contributed by atoms with Gasteiger partial charge in [-0.2, -0.15) is 0 Å². The molecule has 94 valence electrons. The Morgan fingerprint density at radius 2 is 1.94 bits per heavy atom. The highest BCUT2D eigenvalue weighted by molar-refractivity contribution is 5.18. The molecule has 17 heavy (non-hydrogen) atoms. The molecule has 2 rings (SSSR count). The molecule has 0 aromatic heterocycles. The normalized spacial score (nSPS) is 18.5. The summed E-state index contributed by atoms with van der Waals surface area (Å²) in [6.45, 7) is 0. The fraction of sp³-hybridized carbons (Fsp3) is 0.571. The SMILES string of the molecule is OC(CCc1ccc(F)cc1F)C1CCCC1. The minimum atomic E-state index is -0.553. The molecular formula is C14H18F2O. The Hall–Kier alpha value is -0.960. The van der Waals surface area contributed by atoms with Gasteiger partial charge in [0.25, 0.3) is 0 Å². The minimum absolute atomic E-state index is 0.345. The second-order valence-corrected chi connectivity index (χ2v) is 4.89. The number of hydrogen-bond donors (Lipinski definition) is 1. The van der Waals surface area contributed by atoms with Crippen molar-refractivity contribution in [3.63, 3.8) is 0 Å². The molecule has 1 unspecified atom stereocenters. The Labute approximate surface area is 100 Å². The van der Waals surface area contributed by atoms with Crippen LogP contribution < -0.4 is 0 Å². The first-order valence-corrected chi connectivity index (χ1v) is 6.29. The van der Waals surface area contributed by atoms with Crippen LogP contribution >= 0.6 is 0 Å². The lowest BCUT2D eigenvalue weighted by atomic mass is 9.95. The fourth-order valence-electron chi connectivity index (χ4n) is 2.61. The quantitative estimate of drug-likeness (QED) is 0.854. The number of aryl methyl sites for hydroxylation is 1. The Morgan fingerprint density at radius 1 is 1.24 bits per heavy atom. The van der Waals surface area contributed by atoms with Gasteiger partial charge in [-0.25, -0.2) is 8.78 Å². The van der Waals surface area contributed by atoms with Gasteiger partial charge in [-0.15, -0.1) is 0 Å². The molecule has 1 saturated carbocycles. The van der Waals surface area contributed by atoms with Gasteiger partial charge in [-0.05, 0) is 43.2 Å². The monoisotopic (exact) mass is 240 g/mol. The van der Waals surface area contributed by atoms with Gasteiger partial charge in [0, 0.05) is 6.07 Å². The van der Waals surface area contributed by atoms with Gasteiger partial charge >= 0.3 is 0 Å². The van der Waals surface area contributed by atoms with Gasteiger partial charge in [0.2, 0.25) is 0 Å². The Morgan fingerprint density at radius 3 is 2.59 bits per heavy atom. The molecule has 0 spiro atoms. The van der Waals surface area contributed by atoms with E-state index >= 15 is 0 Å². The maximum atomic E-state index is 13.4. The Balaban J connectivity index is 1.88. The van der Waals surface area contributed by atoms with E-state index < -0.39 is 11.6 Å². The number of rotatable bonds is 4. The topological polar surface area (TPSA) is 20.2 Å². The molecule has 1 N–H and O–H groups in total. The molecule has 1 atom stereocenters. The molecule has 1 aliphatic rings. The van der Waals surface area contributed by atoms with Gasteiger partial charge in [-0.1, -0.05) is 18.9 Å². The third kappa shape index (κ3) is 3.25. The number of benzene rings is 1. The molecule has 3 heteroatoms. The van der Waals surface area contributed by atoms with Crippen molar-refractivity contribution >= 4 is 0 Å². The molecule has 1 aromatic carbocycles. The zero-order valence-corrected chi connectivity index (χ0v) is 9.83. The van der Waals surface area contributed by atoms with Gasteiger partial charge in [0.1, 0.15) is 11.6 Å². The molecule has 0 bridgehead atoms. The van der Waals surface area contributed by atoms with Crippen molar-refractivity contribution in [3.05, 3.63) is 35.4 Å². The summed E-state index contributed by atoms with van der Waals surface area (Å²) in [5.41, 5.74) is 0.489. The van der Waals surface area contributed by atoms with Gasteiger partial charge in [-0.3, -0.25) is 0 Å². The number of aliphatic hydroxyl groups is 1. The number of halogens is 2. The first kappa shape index (κ1) is 12.5. The van der Waals surface area contributed by atoms with E-state index in [9.17, 15) is 13.9 Å². The summed E-state index contributed by atoms with van der Waals surface area (Å²) in [6.07, 6.45) is 5.22. The van der Waals surface area contributed by atoms with E-state index in [4.69, 9.17) is 0 Å². The largest absolute Gasteiger partial charge is 0.393 e. The summed E-state index contributed by atoms with van der Waals surface area (Å²) < 4.78 is 26.1. The summed E-state index contributed by atoms with van der Waals surface area (Å²) in [4.78, 5) is 0. The summed E-state index contributed by atoms with van der Waals surface area (Å²) in [7, 11) is 0. The predicted molar refractivity (Wildman–Crippen MR) is 62.6 cm³/mol. The van der Waals surface area contributed by atoms with E-state index in [1.54, 1.807) is 0 Å². The summed E-state index contributed by atoms with van der Waals surface area (Å²) >= 11 is 0. The predicted octanol–water partition coefficient (Wildman–Crippen LogP) is 3.45. The van der Waals surface area contributed by atoms with Gasteiger partial charge in [0.05, 0.1) is 6.10 Å². The molecule has 1 aromatic rings. The highest BCUT2D eigenvalue weighted by Gasteiger charge is 2.23. The highest BCUT2D eigenvalue weighted by Crippen LogP contribution is 2.29. The number of aliphatic hydroxyl groups excluding tert-OH is 1. The van der Waals surface area contributed by atoms with Crippen LogP contribution in [0.1, 0.15) is 37.7 Å².